The first-order chi connectivity index (χ1) is 12.2. The largest absolute Gasteiger partial charge is 0.497 e. The van der Waals surface area contributed by atoms with E-state index in [0.29, 0.717) is 6.54 Å². The van der Waals surface area contributed by atoms with Gasteiger partial charge in [0.15, 0.2) is 0 Å². The molecule has 3 rings (SSSR count). The van der Waals surface area contributed by atoms with Gasteiger partial charge in [-0.25, -0.2) is 9.78 Å². The van der Waals surface area contributed by atoms with Crippen LogP contribution in [0.5, 0.6) is 5.75 Å². The van der Waals surface area contributed by atoms with E-state index in [-0.39, 0.29) is 18.2 Å². The van der Waals surface area contributed by atoms with Crippen LogP contribution in [0.3, 0.4) is 0 Å². The number of ether oxygens (including phenoxy) is 2. The molecule has 0 bridgehead atoms. The highest BCUT2D eigenvalue weighted by Gasteiger charge is 2.22. The third-order valence-corrected chi connectivity index (χ3v) is 4.36. The molecule has 2 amide bonds. The third-order valence-electron chi connectivity index (χ3n) is 4.36. The van der Waals surface area contributed by atoms with Gasteiger partial charge < -0.3 is 24.7 Å². The zero-order valence-electron chi connectivity index (χ0n) is 14.6. The minimum absolute atomic E-state index is 0.110. The van der Waals surface area contributed by atoms with Crippen molar-refractivity contribution in [3.8, 4) is 5.75 Å². The lowest BCUT2D eigenvalue weighted by Crippen LogP contribution is -2.42. The monoisotopic (exact) mass is 344 g/mol. The van der Waals surface area contributed by atoms with Gasteiger partial charge in [-0.15, -0.1) is 0 Å². The van der Waals surface area contributed by atoms with E-state index >= 15 is 0 Å². The molecule has 1 aliphatic heterocycles. The summed E-state index contributed by atoms with van der Waals surface area (Å²) in [6.45, 7) is 1.29. The van der Waals surface area contributed by atoms with Crippen LogP contribution in [0.2, 0.25) is 0 Å². The van der Waals surface area contributed by atoms with Gasteiger partial charge in [0.05, 0.1) is 13.2 Å². The van der Waals surface area contributed by atoms with Crippen molar-refractivity contribution < 1.29 is 14.3 Å². The van der Waals surface area contributed by atoms with Gasteiger partial charge in [0.2, 0.25) is 0 Å². The van der Waals surface area contributed by atoms with E-state index in [1.54, 1.807) is 13.3 Å². The number of hydrogen-bond acceptors (Lipinski definition) is 4. The van der Waals surface area contributed by atoms with Crippen LogP contribution < -0.4 is 15.4 Å². The highest BCUT2D eigenvalue weighted by molar-refractivity contribution is 5.74. The molecule has 2 atom stereocenters. The summed E-state index contributed by atoms with van der Waals surface area (Å²) < 4.78 is 12.6. The number of nitrogens with one attached hydrogen (secondary N) is 2. The Balaban J connectivity index is 1.71. The summed E-state index contributed by atoms with van der Waals surface area (Å²) in [5, 5.41) is 5.90. The molecule has 0 spiro atoms. The van der Waals surface area contributed by atoms with E-state index < -0.39 is 0 Å². The molecule has 0 radical (unpaired) electrons. The fourth-order valence-electron chi connectivity index (χ4n) is 2.94. The van der Waals surface area contributed by atoms with E-state index in [1.165, 1.54) is 0 Å². The van der Waals surface area contributed by atoms with E-state index in [4.69, 9.17) is 9.47 Å². The predicted octanol–water partition coefficient (Wildman–Crippen LogP) is 2.00. The molecule has 2 aromatic rings. The molecule has 134 valence electrons. The lowest BCUT2D eigenvalue weighted by molar-refractivity contribution is 0.111. The molecule has 1 fully saturated rings. The van der Waals surface area contributed by atoms with Crippen molar-refractivity contribution in [2.75, 3.05) is 20.3 Å². The second kappa shape index (κ2) is 8.02. The van der Waals surface area contributed by atoms with Crippen LogP contribution in [0.25, 0.3) is 0 Å². The molecule has 7 nitrogen and oxygen atoms in total. The topological polar surface area (TPSA) is 77.4 Å². The summed E-state index contributed by atoms with van der Waals surface area (Å²) in [4.78, 5) is 16.8. The number of urea groups is 1. The molecule has 1 saturated heterocycles. The Labute approximate surface area is 147 Å². The van der Waals surface area contributed by atoms with E-state index in [9.17, 15) is 4.79 Å². The van der Waals surface area contributed by atoms with Crippen molar-refractivity contribution in [1.82, 2.24) is 20.2 Å². The molecule has 25 heavy (non-hydrogen) atoms. The fraction of sp³-hybridized carbons (Fsp3) is 0.444. The first kappa shape index (κ1) is 17.3. The molecule has 1 aromatic heterocycles. The molecule has 0 saturated carbocycles. The summed E-state index contributed by atoms with van der Waals surface area (Å²) >= 11 is 0. The second-order valence-electron chi connectivity index (χ2n) is 6.09. The summed E-state index contributed by atoms with van der Waals surface area (Å²) in [6, 6.07) is 7.01. The quantitative estimate of drug-likeness (QED) is 0.840. The second-order valence-corrected chi connectivity index (χ2v) is 6.09. The Kier molecular flexibility index (Phi) is 5.55. The van der Waals surface area contributed by atoms with Gasteiger partial charge in [0.25, 0.3) is 0 Å². The number of aromatic nitrogens is 2. The van der Waals surface area contributed by atoms with Gasteiger partial charge in [-0.1, -0.05) is 12.1 Å². The van der Waals surface area contributed by atoms with Crippen molar-refractivity contribution in [2.45, 2.75) is 25.0 Å². The molecule has 0 unspecified atom stereocenters. The molecule has 0 aliphatic carbocycles. The number of methoxy groups -OCH3 is 1. The molecule has 2 heterocycles. The zero-order chi connectivity index (χ0) is 17.6. The number of carbonyl (C=O) groups is 1. The fourth-order valence-corrected chi connectivity index (χ4v) is 2.94. The number of nitrogens with zero attached hydrogens (tertiary/aromatic N) is 2. The van der Waals surface area contributed by atoms with Gasteiger partial charge >= 0.3 is 6.03 Å². The highest BCUT2D eigenvalue weighted by Crippen LogP contribution is 2.23. The maximum atomic E-state index is 12.4. The first-order valence-electron chi connectivity index (χ1n) is 8.44. The number of benzene rings is 1. The maximum Gasteiger partial charge on any atom is 0.315 e. The van der Waals surface area contributed by atoms with Crippen LogP contribution in [0, 0.1) is 0 Å². The molecular formula is C18H24N4O3. The Morgan fingerprint density at radius 2 is 2.24 bits per heavy atom. The van der Waals surface area contributed by atoms with Gasteiger partial charge in [0.1, 0.15) is 17.6 Å². The molecule has 2 N–H and O–H groups in total. The van der Waals surface area contributed by atoms with Gasteiger partial charge in [-0.3, -0.25) is 0 Å². The summed E-state index contributed by atoms with van der Waals surface area (Å²) in [7, 11) is 3.53. The van der Waals surface area contributed by atoms with Crippen LogP contribution in [-0.4, -0.2) is 41.9 Å². The van der Waals surface area contributed by atoms with Crippen LogP contribution >= 0.6 is 0 Å². The highest BCUT2D eigenvalue weighted by atomic mass is 16.5. The number of aryl methyl sites for hydroxylation is 1. The molecule has 1 aliphatic rings. The Morgan fingerprint density at radius 3 is 2.84 bits per heavy atom. The molecule has 1 aromatic carbocycles. The summed E-state index contributed by atoms with van der Waals surface area (Å²) in [5.74, 6) is 1.53. The van der Waals surface area contributed by atoms with Crippen LogP contribution in [0.1, 0.15) is 30.3 Å². The predicted molar refractivity (Wildman–Crippen MR) is 93.6 cm³/mol. The Hall–Kier alpha value is -2.54. The van der Waals surface area contributed by atoms with Crippen LogP contribution in [0.15, 0.2) is 36.7 Å². The molecule has 7 heteroatoms. The van der Waals surface area contributed by atoms with E-state index in [1.807, 2.05) is 42.1 Å². The van der Waals surface area contributed by atoms with E-state index in [0.717, 1.165) is 36.6 Å². The average molecular weight is 344 g/mol. The van der Waals surface area contributed by atoms with Crippen LogP contribution in [0.4, 0.5) is 4.79 Å². The number of carbonyl (C=O) groups excluding carboxylic acids is 1. The SMILES string of the molecule is COc1ccc([C@H](NC(=O)NC[C@@H]2CCCO2)c2nccn2C)cc1. The van der Waals surface area contributed by atoms with Crippen LogP contribution in [-0.2, 0) is 11.8 Å². The number of amides is 2. The third kappa shape index (κ3) is 4.30. The Morgan fingerprint density at radius 1 is 1.44 bits per heavy atom. The lowest BCUT2D eigenvalue weighted by Gasteiger charge is -2.20. The number of rotatable bonds is 6. The summed E-state index contributed by atoms with van der Waals surface area (Å²) in [6.07, 6.45) is 5.73. The summed E-state index contributed by atoms with van der Waals surface area (Å²) in [5.41, 5.74) is 0.933. The van der Waals surface area contributed by atoms with Crippen molar-refractivity contribution in [1.29, 1.82) is 0 Å². The van der Waals surface area contributed by atoms with E-state index in [2.05, 4.69) is 15.6 Å². The van der Waals surface area contributed by atoms with Crippen molar-refractivity contribution in [3.63, 3.8) is 0 Å². The van der Waals surface area contributed by atoms with Gasteiger partial charge in [-0.05, 0) is 30.5 Å². The maximum absolute atomic E-state index is 12.4. The first-order valence-corrected chi connectivity index (χ1v) is 8.44. The Bertz CT molecular complexity index is 693. The standard InChI is InChI=1S/C18H24N4O3/c1-22-10-9-19-17(22)16(13-5-7-14(24-2)8-6-13)21-18(23)20-12-15-4-3-11-25-15/h5-10,15-16H,3-4,11-12H2,1-2H3,(H2,20,21,23)/t15-,16-/m0/s1. The number of imidazole rings is 1. The van der Waals surface area contributed by atoms with Crippen molar-refractivity contribution in [3.05, 3.63) is 48.0 Å². The minimum Gasteiger partial charge on any atom is -0.497 e. The van der Waals surface area contributed by atoms with Crippen molar-refractivity contribution in [2.24, 2.45) is 7.05 Å². The molecular weight excluding hydrogens is 320 g/mol. The zero-order valence-corrected chi connectivity index (χ0v) is 14.6. The number of hydrogen-bond donors (Lipinski definition) is 2. The average Bonchev–Trinajstić information content (AvgIpc) is 3.30. The van der Waals surface area contributed by atoms with Gasteiger partial charge in [0, 0.05) is 32.6 Å². The van der Waals surface area contributed by atoms with Crippen molar-refractivity contribution >= 4 is 6.03 Å². The normalized spacial score (nSPS) is 17.9. The van der Waals surface area contributed by atoms with Gasteiger partial charge in [-0.2, -0.15) is 0 Å². The minimum atomic E-state index is -0.351. The lowest BCUT2D eigenvalue weighted by atomic mass is 10.1. The smallest absolute Gasteiger partial charge is 0.315 e.